The molecular formula is C26H34F3N5O3. The number of halogens is 3. The van der Waals surface area contributed by atoms with E-state index in [4.69, 9.17) is 10.5 Å². The van der Waals surface area contributed by atoms with Crippen LogP contribution in [0.1, 0.15) is 36.2 Å². The zero-order valence-electron chi connectivity index (χ0n) is 20.8. The second kappa shape index (κ2) is 12.2. The number of pyridine rings is 2. The molecule has 5 rings (SSSR count). The molecule has 0 aromatic carbocycles. The van der Waals surface area contributed by atoms with Crippen LogP contribution in [-0.4, -0.2) is 70.7 Å². The molecule has 2 saturated heterocycles. The smallest absolute Gasteiger partial charge is 0.380 e. The monoisotopic (exact) mass is 521 g/mol. The molecule has 3 aliphatic heterocycles. The van der Waals surface area contributed by atoms with Crippen molar-refractivity contribution in [1.29, 1.82) is 0 Å². The summed E-state index contributed by atoms with van der Waals surface area (Å²) in [6.07, 6.45) is 2.32. The molecule has 0 aliphatic carbocycles. The number of carbonyl (C=O) groups is 1. The lowest BCUT2D eigenvalue weighted by molar-refractivity contribution is -0.138. The minimum atomic E-state index is -4.55. The molecule has 0 radical (unpaired) electrons. The van der Waals surface area contributed by atoms with Gasteiger partial charge in [0.15, 0.2) is 0 Å². The van der Waals surface area contributed by atoms with Gasteiger partial charge in [0.25, 0.3) is 5.56 Å². The molecule has 37 heavy (non-hydrogen) atoms. The van der Waals surface area contributed by atoms with Gasteiger partial charge in [0.2, 0.25) is 5.91 Å². The molecule has 2 fully saturated rings. The quantitative estimate of drug-likeness (QED) is 0.627. The number of fused-ring (bicyclic) bond motifs is 1. The molecule has 2 unspecified atom stereocenters. The van der Waals surface area contributed by atoms with Crippen molar-refractivity contribution in [3.8, 4) is 0 Å². The Morgan fingerprint density at radius 2 is 2.00 bits per heavy atom. The molecule has 2 aromatic heterocycles. The Balaban J connectivity index is 0.000000173. The largest absolute Gasteiger partial charge is 0.416 e. The third-order valence-electron chi connectivity index (χ3n) is 7.22. The molecule has 0 bridgehead atoms. The van der Waals surface area contributed by atoms with Crippen LogP contribution >= 0.6 is 0 Å². The fourth-order valence-electron chi connectivity index (χ4n) is 5.24. The lowest BCUT2D eigenvalue weighted by atomic mass is 10.0. The minimum Gasteiger partial charge on any atom is -0.380 e. The number of primary amides is 1. The normalized spacial score (nSPS) is 22.4. The zero-order valence-corrected chi connectivity index (χ0v) is 20.8. The summed E-state index contributed by atoms with van der Waals surface area (Å²) in [5.74, 6) is 0.301. The van der Waals surface area contributed by atoms with Crippen molar-refractivity contribution in [2.24, 2.45) is 11.7 Å². The minimum absolute atomic E-state index is 0.0373. The first-order chi connectivity index (χ1) is 17.7. The summed E-state index contributed by atoms with van der Waals surface area (Å²) >= 11 is 0. The predicted octanol–water partition coefficient (Wildman–Crippen LogP) is 2.29. The molecule has 0 saturated carbocycles. The van der Waals surface area contributed by atoms with Gasteiger partial charge in [-0.3, -0.25) is 24.4 Å². The van der Waals surface area contributed by atoms with Crippen LogP contribution in [0.2, 0.25) is 0 Å². The first-order valence-electron chi connectivity index (χ1n) is 12.7. The Bertz CT molecular complexity index is 1100. The lowest BCUT2D eigenvalue weighted by Crippen LogP contribution is -2.42. The number of amides is 1. The fraction of sp³-hybridized carbons (Fsp3) is 0.577. The molecule has 3 aliphatic rings. The van der Waals surface area contributed by atoms with Gasteiger partial charge in [0.1, 0.15) is 0 Å². The van der Waals surface area contributed by atoms with E-state index in [1.165, 1.54) is 42.6 Å². The Kier molecular flexibility index (Phi) is 8.99. The van der Waals surface area contributed by atoms with E-state index >= 15 is 0 Å². The molecule has 2 atom stereocenters. The Hall–Kier alpha value is -2.76. The van der Waals surface area contributed by atoms with Crippen LogP contribution in [0.5, 0.6) is 0 Å². The fourth-order valence-corrected chi connectivity index (χ4v) is 5.24. The second-order valence-electron chi connectivity index (χ2n) is 9.93. The number of aryl methyl sites for hydroxylation is 1. The highest BCUT2D eigenvalue weighted by Crippen LogP contribution is 2.29. The predicted molar refractivity (Wildman–Crippen MR) is 132 cm³/mol. The summed E-state index contributed by atoms with van der Waals surface area (Å²) in [6.45, 7) is 5.15. The maximum absolute atomic E-state index is 12.6. The molecule has 5 heterocycles. The van der Waals surface area contributed by atoms with Crippen molar-refractivity contribution in [1.82, 2.24) is 19.4 Å². The van der Waals surface area contributed by atoms with Gasteiger partial charge in [0, 0.05) is 62.5 Å². The number of rotatable bonds is 6. The van der Waals surface area contributed by atoms with Crippen LogP contribution in [0, 0.1) is 5.92 Å². The highest BCUT2D eigenvalue weighted by Gasteiger charge is 2.33. The Morgan fingerprint density at radius 3 is 2.68 bits per heavy atom. The summed E-state index contributed by atoms with van der Waals surface area (Å²) in [6, 6.07) is 8.43. The lowest BCUT2D eigenvalue weighted by Gasteiger charge is -2.29. The SMILES string of the molecule is NC(=O)CN1CCn2c(cc(C(F)(F)F)cc2=O)C1.c1ccc(CCC2CCN(C3CCOC3)C2)nc1. The van der Waals surface area contributed by atoms with Gasteiger partial charge in [-0.2, -0.15) is 13.2 Å². The number of ether oxygens (including phenoxy) is 1. The van der Waals surface area contributed by atoms with Gasteiger partial charge in [-0.25, -0.2) is 0 Å². The second-order valence-corrected chi connectivity index (χ2v) is 9.93. The van der Waals surface area contributed by atoms with E-state index in [2.05, 4.69) is 22.0 Å². The van der Waals surface area contributed by atoms with E-state index in [9.17, 15) is 22.8 Å². The van der Waals surface area contributed by atoms with Crippen LogP contribution in [0.4, 0.5) is 13.2 Å². The van der Waals surface area contributed by atoms with Crippen LogP contribution in [0.3, 0.4) is 0 Å². The van der Waals surface area contributed by atoms with Gasteiger partial charge >= 0.3 is 6.18 Å². The van der Waals surface area contributed by atoms with Crippen LogP contribution in [0.25, 0.3) is 0 Å². The third-order valence-corrected chi connectivity index (χ3v) is 7.22. The van der Waals surface area contributed by atoms with Crippen LogP contribution < -0.4 is 11.3 Å². The topological polar surface area (TPSA) is 93.7 Å². The molecule has 2 aromatic rings. The standard InChI is InChI=1S/C15H22N2O.C11H12F3N3O2/c1-2-8-16-14(3-1)5-4-13-6-9-17(11-13)15-7-10-18-12-15;12-11(13,14)7-3-8-5-16(6-9(15)18)1-2-17(8)10(19)4-7/h1-3,8,13,15H,4-7,9-12H2;3-4H,1-2,5-6H2,(H2,15,18). The highest BCUT2D eigenvalue weighted by atomic mass is 19.4. The molecule has 2 N–H and O–H groups in total. The molecule has 11 heteroatoms. The molecule has 0 spiro atoms. The van der Waals surface area contributed by atoms with E-state index in [0.29, 0.717) is 18.7 Å². The van der Waals surface area contributed by atoms with Crippen molar-refractivity contribution >= 4 is 5.91 Å². The van der Waals surface area contributed by atoms with Crippen molar-refractivity contribution in [3.63, 3.8) is 0 Å². The Morgan fingerprint density at radius 1 is 1.16 bits per heavy atom. The number of nitrogens with two attached hydrogens (primary N) is 1. The molecular weight excluding hydrogens is 487 g/mol. The van der Waals surface area contributed by atoms with E-state index in [1.54, 1.807) is 4.90 Å². The molecule has 1 amide bonds. The van der Waals surface area contributed by atoms with Crippen molar-refractivity contribution in [2.45, 2.75) is 51.0 Å². The number of carbonyl (C=O) groups excluding carboxylic acids is 1. The number of likely N-dealkylation sites (tertiary alicyclic amines) is 1. The number of aromatic nitrogens is 2. The van der Waals surface area contributed by atoms with Gasteiger partial charge in [-0.1, -0.05) is 6.07 Å². The number of nitrogens with zero attached hydrogens (tertiary/aromatic N) is 4. The highest BCUT2D eigenvalue weighted by molar-refractivity contribution is 5.75. The van der Waals surface area contributed by atoms with Crippen molar-refractivity contribution in [3.05, 3.63) is 63.8 Å². The van der Waals surface area contributed by atoms with Crippen molar-refractivity contribution in [2.75, 3.05) is 39.4 Å². The van der Waals surface area contributed by atoms with Crippen LogP contribution in [0.15, 0.2) is 41.3 Å². The first kappa shape index (κ1) is 27.3. The average molecular weight is 522 g/mol. The van der Waals surface area contributed by atoms with Gasteiger partial charge in [-0.05, 0) is 56.3 Å². The average Bonchev–Trinajstić information content (AvgIpc) is 3.55. The van der Waals surface area contributed by atoms with Gasteiger partial charge in [-0.15, -0.1) is 0 Å². The third kappa shape index (κ3) is 7.62. The van der Waals surface area contributed by atoms with E-state index < -0.39 is 23.2 Å². The summed E-state index contributed by atoms with van der Waals surface area (Å²) in [5, 5.41) is 0. The van der Waals surface area contributed by atoms with E-state index in [-0.39, 0.29) is 25.3 Å². The number of hydrogen-bond donors (Lipinski definition) is 1. The number of alkyl halides is 3. The van der Waals surface area contributed by atoms with E-state index in [0.717, 1.165) is 31.6 Å². The Labute approximate surface area is 214 Å². The molecule has 8 nitrogen and oxygen atoms in total. The molecule has 202 valence electrons. The van der Waals surface area contributed by atoms with Gasteiger partial charge in [0.05, 0.1) is 18.7 Å². The maximum Gasteiger partial charge on any atom is 0.416 e. The first-order valence-corrected chi connectivity index (χ1v) is 12.7. The summed E-state index contributed by atoms with van der Waals surface area (Å²) < 4.78 is 44.6. The van der Waals surface area contributed by atoms with Gasteiger partial charge < -0.3 is 15.0 Å². The summed E-state index contributed by atoms with van der Waals surface area (Å²) in [7, 11) is 0. The maximum atomic E-state index is 12.6. The van der Waals surface area contributed by atoms with E-state index in [1.807, 2.05) is 12.3 Å². The zero-order chi connectivity index (χ0) is 26.4. The number of hydrogen-bond acceptors (Lipinski definition) is 6. The van der Waals surface area contributed by atoms with Crippen LogP contribution in [-0.2, 0) is 35.2 Å². The van der Waals surface area contributed by atoms with Crippen molar-refractivity contribution < 1.29 is 22.7 Å². The summed E-state index contributed by atoms with van der Waals surface area (Å²) in [4.78, 5) is 31.1. The summed E-state index contributed by atoms with van der Waals surface area (Å²) in [5.41, 5.74) is 4.88.